The molecule has 1 fully saturated rings. The fourth-order valence-electron chi connectivity index (χ4n) is 1.99. The average molecular weight is 303 g/mol. The Morgan fingerprint density at radius 3 is 2.95 bits per heavy atom. The highest BCUT2D eigenvalue weighted by atomic mass is 16.7. The molecule has 0 atom stereocenters. The zero-order chi connectivity index (χ0) is 15.8. The normalized spacial score (nSPS) is 16.4. The molecular formula is C15H17N3O4. The zero-order valence-corrected chi connectivity index (χ0v) is 12.2. The number of hydrazone groups is 1. The van der Waals surface area contributed by atoms with Crippen molar-refractivity contribution < 1.29 is 19.0 Å². The molecule has 1 aliphatic rings. The molecule has 0 spiro atoms. The largest absolute Gasteiger partial charge is 0.478 e. The molecule has 0 unspecified atom stereocenters. The predicted octanol–water partition coefficient (Wildman–Crippen LogP) is 1.19. The van der Waals surface area contributed by atoms with Gasteiger partial charge in [0.1, 0.15) is 11.8 Å². The van der Waals surface area contributed by atoms with Crippen molar-refractivity contribution >= 4 is 12.1 Å². The first kappa shape index (κ1) is 15.9. The lowest BCUT2D eigenvalue weighted by molar-refractivity contribution is -0.159. The highest BCUT2D eigenvalue weighted by Crippen LogP contribution is 2.22. The van der Waals surface area contributed by atoms with E-state index >= 15 is 0 Å². The molecule has 1 aliphatic heterocycles. The molecule has 1 amide bonds. The van der Waals surface area contributed by atoms with Crippen LogP contribution in [0.1, 0.15) is 18.9 Å². The Balaban J connectivity index is 1.89. The van der Waals surface area contributed by atoms with E-state index in [-0.39, 0.29) is 18.9 Å². The van der Waals surface area contributed by atoms with E-state index in [1.54, 1.807) is 25.1 Å². The molecule has 0 saturated carbocycles. The van der Waals surface area contributed by atoms with Gasteiger partial charge in [-0.3, -0.25) is 4.79 Å². The number of para-hydroxylation sites is 1. The number of benzene rings is 1. The number of rotatable bonds is 6. The molecule has 1 saturated heterocycles. The molecule has 22 heavy (non-hydrogen) atoms. The monoisotopic (exact) mass is 303 g/mol. The van der Waals surface area contributed by atoms with Crippen LogP contribution < -0.4 is 10.2 Å². The first-order chi connectivity index (χ1) is 10.6. The van der Waals surface area contributed by atoms with Crippen LogP contribution in [0, 0.1) is 11.3 Å². The molecule has 1 heterocycles. The van der Waals surface area contributed by atoms with Crippen LogP contribution >= 0.6 is 0 Å². The first-order valence-electron chi connectivity index (χ1n) is 6.81. The molecule has 7 nitrogen and oxygen atoms in total. The van der Waals surface area contributed by atoms with Crippen LogP contribution in [0.2, 0.25) is 0 Å². The van der Waals surface area contributed by atoms with Gasteiger partial charge in [-0.05, 0) is 19.1 Å². The van der Waals surface area contributed by atoms with Crippen LogP contribution in [0.5, 0.6) is 5.75 Å². The van der Waals surface area contributed by atoms with E-state index in [4.69, 9.17) is 19.5 Å². The predicted molar refractivity (Wildman–Crippen MR) is 78.2 cm³/mol. The number of nitrogens with one attached hydrogen (secondary N) is 1. The number of ether oxygens (including phenoxy) is 3. The highest BCUT2D eigenvalue weighted by molar-refractivity contribution is 5.85. The van der Waals surface area contributed by atoms with E-state index < -0.39 is 5.79 Å². The molecule has 2 rings (SSSR count). The maximum absolute atomic E-state index is 11.8. The van der Waals surface area contributed by atoms with E-state index in [1.807, 2.05) is 12.1 Å². The summed E-state index contributed by atoms with van der Waals surface area (Å²) in [4.78, 5) is 11.8. The van der Waals surface area contributed by atoms with Gasteiger partial charge in [-0.1, -0.05) is 12.1 Å². The summed E-state index contributed by atoms with van der Waals surface area (Å²) >= 11 is 0. The summed E-state index contributed by atoms with van der Waals surface area (Å²) in [5, 5.41) is 12.4. The minimum absolute atomic E-state index is 0.0513. The summed E-state index contributed by atoms with van der Waals surface area (Å²) in [7, 11) is 0. The fourth-order valence-corrected chi connectivity index (χ4v) is 1.99. The number of nitrogens with zero attached hydrogens (tertiary/aromatic N) is 2. The van der Waals surface area contributed by atoms with Crippen LogP contribution in [0.3, 0.4) is 0 Å². The van der Waals surface area contributed by atoms with Crippen molar-refractivity contribution in [2.45, 2.75) is 19.1 Å². The summed E-state index contributed by atoms with van der Waals surface area (Å²) in [6, 6.07) is 8.99. The lowest BCUT2D eigenvalue weighted by Crippen LogP contribution is -2.33. The second-order valence-corrected chi connectivity index (χ2v) is 4.79. The summed E-state index contributed by atoms with van der Waals surface area (Å²) in [6.45, 7) is 2.63. The molecule has 116 valence electrons. The number of carbonyl (C=O) groups is 1. The maximum atomic E-state index is 11.8. The van der Waals surface area contributed by atoms with E-state index in [2.05, 4.69) is 10.5 Å². The summed E-state index contributed by atoms with van der Waals surface area (Å²) in [5.74, 6) is -0.666. The summed E-state index contributed by atoms with van der Waals surface area (Å²) < 4.78 is 16.0. The second-order valence-electron chi connectivity index (χ2n) is 4.79. The molecular weight excluding hydrogens is 286 g/mol. The van der Waals surface area contributed by atoms with Gasteiger partial charge in [-0.2, -0.15) is 10.4 Å². The van der Waals surface area contributed by atoms with Gasteiger partial charge < -0.3 is 14.2 Å². The van der Waals surface area contributed by atoms with Crippen LogP contribution in [0.4, 0.5) is 0 Å². The molecule has 0 aliphatic carbocycles. The lowest BCUT2D eigenvalue weighted by atomic mass is 10.2. The van der Waals surface area contributed by atoms with Gasteiger partial charge in [0.2, 0.25) is 5.91 Å². The van der Waals surface area contributed by atoms with Gasteiger partial charge in [0.05, 0.1) is 25.8 Å². The number of nitriles is 1. The van der Waals surface area contributed by atoms with Crippen LogP contribution in [-0.4, -0.2) is 37.7 Å². The Kier molecular flexibility index (Phi) is 5.47. The van der Waals surface area contributed by atoms with Gasteiger partial charge in [-0.25, -0.2) is 5.43 Å². The van der Waals surface area contributed by atoms with E-state index in [0.29, 0.717) is 24.5 Å². The number of carbonyl (C=O) groups excluding carboxylic acids is 1. The van der Waals surface area contributed by atoms with Crippen molar-refractivity contribution in [1.29, 1.82) is 5.26 Å². The third kappa shape index (κ3) is 4.55. The van der Waals surface area contributed by atoms with E-state index in [1.165, 1.54) is 6.21 Å². The van der Waals surface area contributed by atoms with Gasteiger partial charge >= 0.3 is 0 Å². The van der Waals surface area contributed by atoms with Gasteiger partial charge in [0, 0.05) is 5.56 Å². The number of hydrogen-bond donors (Lipinski definition) is 1. The molecule has 7 heteroatoms. The lowest BCUT2D eigenvalue weighted by Gasteiger charge is -2.20. The van der Waals surface area contributed by atoms with Crippen molar-refractivity contribution in [2.75, 3.05) is 19.8 Å². The topological polar surface area (TPSA) is 92.9 Å². The maximum Gasteiger partial charge on any atom is 0.245 e. The van der Waals surface area contributed by atoms with E-state index in [9.17, 15) is 4.79 Å². The second kappa shape index (κ2) is 7.54. The van der Waals surface area contributed by atoms with Crippen LogP contribution in [0.15, 0.2) is 29.4 Å². The van der Waals surface area contributed by atoms with Crippen LogP contribution in [-0.2, 0) is 14.3 Å². The minimum Gasteiger partial charge on any atom is -0.478 e. The summed E-state index contributed by atoms with van der Waals surface area (Å²) in [6.07, 6.45) is 1.53. The van der Waals surface area contributed by atoms with Gasteiger partial charge in [0.25, 0.3) is 0 Å². The minimum atomic E-state index is -0.882. The Bertz CT molecular complexity index is 589. The molecule has 0 radical (unpaired) electrons. The standard InChI is InChI=1S/C15H17N3O4/c1-15(21-8-9-22-15)10-14(19)18-17-11-12-4-2-3-5-13(12)20-7-6-16/h2-5,11H,7-10H2,1H3,(H,18,19)/b17-11-. The molecule has 1 aromatic rings. The van der Waals surface area contributed by atoms with Crippen molar-refractivity contribution in [3.63, 3.8) is 0 Å². The SMILES string of the molecule is CC1(CC(=O)N/N=C\c2ccccc2OCC#N)OCCO1. The first-order valence-corrected chi connectivity index (χ1v) is 6.81. The van der Waals surface area contributed by atoms with Crippen LogP contribution in [0.25, 0.3) is 0 Å². The van der Waals surface area contributed by atoms with Crippen molar-refractivity contribution in [1.82, 2.24) is 5.43 Å². The van der Waals surface area contributed by atoms with Gasteiger partial charge in [0.15, 0.2) is 12.4 Å². The van der Waals surface area contributed by atoms with Crippen molar-refractivity contribution in [3.05, 3.63) is 29.8 Å². The van der Waals surface area contributed by atoms with Gasteiger partial charge in [-0.15, -0.1) is 0 Å². The third-order valence-electron chi connectivity index (χ3n) is 2.98. The molecule has 1 N–H and O–H groups in total. The summed E-state index contributed by atoms with van der Waals surface area (Å²) in [5.41, 5.74) is 3.08. The Hall–Kier alpha value is -2.43. The Labute approximate surface area is 128 Å². The molecule has 0 bridgehead atoms. The highest BCUT2D eigenvalue weighted by Gasteiger charge is 2.33. The smallest absolute Gasteiger partial charge is 0.245 e. The number of hydrogen-bond acceptors (Lipinski definition) is 6. The average Bonchev–Trinajstić information content (AvgIpc) is 2.92. The fraction of sp³-hybridized carbons (Fsp3) is 0.400. The van der Waals surface area contributed by atoms with Crippen molar-refractivity contribution in [3.8, 4) is 11.8 Å². The zero-order valence-electron chi connectivity index (χ0n) is 12.2. The number of amides is 1. The van der Waals surface area contributed by atoms with E-state index in [0.717, 1.165) is 0 Å². The molecule has 1 aromatic carbocycles. The molecule has 0 aromatic heterocycles. The Morgan fingerprint density at radius 1 is 1.50 bits per heavy atom. The third-order valence-corrected chi connectivity index (χ3v) is 2.98. The van der Waals surface area contributed by atoms with Crippen molar-refractivity contribution in [2.24, 2.45) is 5.10 Å². The Morgan fingerprint density at radius 2 is 2.23 bits per heavy atom. The quantitative estimate of drug-likeness (QED) is 0.629.